The molecule has 0 radical (unpaired) electrons. The minimum atomic E-state index is -1.05. The summed E-state index contributed by atoms with van der Waals surface area (Å²) < 4.78 is -0.366. The number of thioether (sulfide) groups is 2. The van der Waals surface area contributed by atoms with Crippen LogP contribution in [-0.4, -0.2) is 33.8 Å². The van der Waals surface area contributed by atoms with E-state index in [4.69, 9.17) is 0 Å². The summed E-state index contributed by atoms with van der Waals surface area (Å²) in [6.45, 7) is 0. The van der Waals surface area contributed by atoms with Crippen LogP contribution in [0.25, 0.3) is 0 Å². The van der Waals surface area contributed by atoms with Gasteiger partial charge in [-0.2, -0.15) is 0 Å². The van der Waals surface area contributed by atoms with Gasteiger partial charge in [-0.25, -0.2) is 0 Å². The third-order valence-corrected chi connectivity index (χ3v) is 12.1. The summed E-state index contributed by atoms with van der Waals surface area (Å²) in [6, 6.07) is 27.7. The molecule has 3 aromatic carbocycles. The maximum absolute atomic E-state index is 12.8. The van der Waals surface area contributed by atoms with E-state index >= 15 is 0 Å². The van der Waals surface area contributed by atoms with E-state index in [-0.39, 0.29) is 10.1 Å². The van der Waals surface area contributed by atoms with Crippen molar-refractivity contribution < 1.29 is 5.11 Å². The molecule has 3 aromatic rings. The van der Waals surface area contributed by atoms with Crippen molar-refractivity contribution in [2.75, 3.05) is 18.6 Å². The summed E-state index contributed by atoms with van der Waals surface area (Å²) in [6.07, 6.45) is 6.04. The standard InChI is InChI=1S/C32H35NOS3/c1-33-26(17-11-15-25-13-3-2-4-14-25)16-9-10-22-31(35-23-12-24-36-31)32(34)27-18-5-7-20-29(27)37-30-21-8-6-19-28(30)32/h2-8,13-14,18-21,26,33-34H,10-12,15,17,22-24H2,1H3. The van der Waals surface area contributed by atoms with Gasteiger partial charge in [-0.3, -0.25) is 0 Å². The first-order valence-corrected chi connectivity index (χ1v) is 16.0. The molecule has 2 aliphatic heterocycles. The Morgan fingerprint density at radius 1 is 0.892 bits per heavy atom. The Labute approximate surface area is 234 Å². The molecule has 5 rings (SSSR count). The lowest BCUT2D eigenvalue weighted by Gasteiger charge is -2.51. The largest absolute Gasteiger partial charge is 0.378 e. The molecule has 2 heterocycles. The van der Waals surface area contributed by atoms with Gasteiger partial charge in [0.25, 0.3) is 0 Å². The maximum Gasteiger partial charge on any atom is 0.140 e. The first kappa shape index (κ1) is 26.8. The van der Waals surface area contributed by atoms with Crippen LogP contribution in [0, 0.1) is 11.8 Å². The molecule has 1 saturated heterocycles. The van der Waals surface area contributed by atoms with Crippen LogP contribution < -0.4 is 5.32 Å². The van der Waals surface area contributed by atoms with Gasteiger partial charge in [-0.1, -0.05) is 84.4 Å². The highest BCUT2D eigenvalue weighted by Crippen LogP contribution is 2.63. The smallest absolute Gasteiger partial charge is 0.140 e. The molecule has 1 fully saturated rings. The number of rotatable bonds is 8. The van der Waals surface area contributed by atoms with E-state index in [1.54, 1.807) is 11.8 Å². The summed E-state index contributed by atoms with van der Waals surface area (Å²) in [5.41, 5.74) is 2.42. The van der Waals surface area contributed by atoms with Gasteiger partial charge in [-0.15, -0.1) is 29.4 Å². The first-order chi connectivity index (χ1) is 18.2. The maximum atomic E-state index is 12.8. The third kappa shape index (κ3) is 5.65. The van der Waals surface area contributed by atoms with Crippen LogP contribution in [0.1, 0.15) is 48.8 Å². The highest BCUT2D eigenvalue weighted by atomic mass is 32.2. The molecule has 2 nitrogen and oxygen atoms in total. The van der Waals surface area contributed by atoms with E-state index in [0.717, 1.165) is 64.5 Å². The number of hydrogen-bond donors (Lipinski definition) is 2. The molecular weight excluding hydrogens is 511 g/mol. The summed E-state index contributed by atoms with van der Waals surface area (Å²) >= 11 is 5.65. The minimum Gasteiger partial charge on any atom is -0.378 e. The molecule has 0 bridgehead atoms. The molecule has 0 aliphatic carbocycles. The summed E-state index contributed by atoms with van der Waals surface area (Å²) in [7, 11) is 2.01. The SMILES string of the molecule is CNC(C#CCCC1(C2(O)c3ccccc3Sc3ccccc32)SCCCS1)CCCc1ccccc1. The average molecular weight is 546 g/mol. The molecular formula is C32H35NOS3. The van der Waals surface area contributed by atoms with Gasteiger partial charge in [-0.05, 0) is 68.4 Å². The van der Waals surface area contributed by atoms with E-state index in [1.165, 1.54) is 12.0 Å². The van der Waals surface area contributed by atoms with Gasteiger partial charge in [0, 0.05) is 27.3 Å². The molecule has 2 N–H and O–H groups in total. The fraction of sp³-hybridized carbons (Fsp3) is 0.375. The normalized spacial score (nSPS) is 18.1. The zero-order valence-electron chi connectivity index (χ0n) is 21.4. The zero-order valence-corrected chi connectivity index (χ0v) is 23.9. The van der Waals surface area contributed by atoms with Crippen molar-refractivity contribution in [3.05, 3.63) is 95.6 Å². The molecule has 192 valence electrons. The van der Waals surface area contributed by atoms with Gasteiger partial charge >= 0.3 is 0 Å². The lowest BCUT2D eigenvalue weighted by atomic mass is 9.80. The van der Waals surface area contributed by atoms with E-state index in [1.807, 2.05) is 30.6 Å². The van der Waals surface area contributed by atoms with Crippen LogP contribution in [-0.2, 0) is 12.0 Å². The summed E-state index contributed by atoms with van der Waals surface area (Å²) in [5.74, 6) is 9.14. The summed E-state index contributed by atoms with van der Waals surface area (Å²) in [5, 5.41) is 16.2. The number of aryl methyl sites for hydroxylation is 1. The zero-order chi connectivity index (χ0) is 25.6. The molecule has 0 saturated carbocycles. The molecule has 5 heteroatoms. The number of nitrogens with one attached hydrogen (secondary N) is 1. The van der Waals surface area contributed by atoms with Crippen LogP contribution in [0.15, 0.2) is 88.7 Å². The highest BCUT2D eigenvalue weighted by molar-refractivity contribution is 8.18. The van der Waals surface area contributed by atoms with Gasteiger partial charge in [0.15, 0.2) is 0 Å². The third-order valence-electron chi connectivity index (χ3n) is 7.29. The van der Waals surface area contributed by atoms with Crippen LogP contribution in [0.2, 0.25) is 0 Å². The number of benzene rings is 3. The van der Waals surface area contributed by atoms with Crippen molar-refractivity contribution in [2.45, 2.75) is 64.0 Å². The first-order valence-electron chi connectivity index (χ1n) is 13.2. The number of aliphatic hydroxyl groups is 1. The van der Waals surface area contributed by atoms with Crippen molar-refractivity contribution in [2.24, 2.45) is 0 Å². The molecule has 0 aromatic heterocycles. The molecule has 1 unspecified atom stereocenters. The Hall–Kier alpha value is -1.81. The van der Waals surface area contributed by atoms with Crippen molar-refractivity contribution in [1.82, 2.24) is 5.32 Å². The van der Waals surface area contributed by atoms with Crippen molar-refractivity contribution >= 4 is 35.3 Å². The number of hydrogen-bond acceptors (Lipinski definition) is 5. The van der Waals surface area contributed by atoms with Crippen molar-refractivity contribution in [3.8, 4) is 11.8 Å². The van der Waals surface area contributed by atoms with Crippen molar-refractivity contribution in [3.63, 3.8) is 0 Å². The van der Waals surface area contributed by atoms with Crippen molar-refractivity contribution in [1.29, 1.82) is 0 Å². The molecule has 37 heavy (non-hydrogen) atoms. The molecule has 0 amide bonds. The van der Waals surface area contributed by atoms with Gasteiger partial charge in [0.1, 0.15) is 5.60 Å². The monoisotopic (exact) mass is 545 g/mol. The average Bonchev–Trinajstić information content (AvgIpc) is 2.95. The van der Waals surface area contributed by atoms with Crippen LogP contribution >= 0.6 is 35.3 Å². The van der Waals surface area contributed by atoms with Crippen LogP contribution in [0.5, 0.6) is 0 Å². The predicted octanol–water partition coefficient (Wildman–Crippen LogP) is 7.35. The lowest BCUT2D eigenvalue weighted by molar-refractivity contribution is 0.0578. The predicted molar refractivity (Wildman–Crippen MR) is 162 cm³/mol. The number of fused-ring (bicyclic) bond motifs is 2. The quantitative estimate of drug-likeness (QED) is 0.289. The Kier molecular flexibility index (Phi) is 8.95. The topological polar surface area (TPSA) is 32.3 Å². The Morgan fingerprint density at radius 3 is 2.16 bits per heavy atom. The molecule has 2 aliphatic rings. The molecule has 1 atom stereocenters. The van der Waals surface area contributed by atoms with Gasteiger partial charge < -0.3 is 10.4 Å². The van der Waals surface area contributed by atoms with E-state index in [9.17, 15) is 5.11 Å². The van der Waals surface area contributed by atoms with Gasteiger partial charge in [0.2, 0.25) is 0 Å². The fourth-order valence-corrected chi connectivity index (χ4v) is 10.1. The fourth-order valence-electron chi connectivity index (χ4n) is 5.36. The van der Waals surface area contributed by atoms with Gasteiger partial charge in [0.05, 0.1) is 10.1 Å². The molecule has 0 spiro atoms. The summed E-state index contributed by atoms with van der Waals surface area (Å²) in [4.78, 5) is 2.32. The Morgan fingerprint density at radius 2 is 1.51 bits per heavy atom. The van der Waals surface area contributed by atoms with Crippen LogP contribution in [0.4, 0.5) is 0 Å². The van der Waals surface area contributed by atoms with E-state index < -0.39 is 5.60 Å². The highest BCUT2D eigenvalue weighted by Gasteiger charge is 2.56. The Balaban J connectivity index is 1.35. The second kappa shape index (κ2) is 12.4. The van der Waals surface area contributed by atoms with E-state index in [0.29, 0.717) is 0 Å². The second-order valence-electron chi connectivity index (χ2n) is 9.65. The second-order valence-corrected chi connectivity index (χ2v) is 13.8. The van der Waals surface area contributed by atoms with E-state index in [2.05, 4.69) is 96.0 Å². The van der Waals surface area contributed by atoms with Crippen LogP contribution in [0.3, 0.4) is 0 Å². The Bertz CT molecular complexity index is 1200. The lowest BCUT2D eigenvalue weighted by Crippen LogP contribution is -2.51. The minimum absolute atomic E-state index is 0.196.